The molecule has 1 amide bonds. The van der Waals surface area contributed by atoms with Gasteiger partial charge in [-0.25, -0.2) is 0 Å². The van der Waals surface area contributed by atoms with Gasteiger partial charge in [0.2, 0.25) is 5.91 Å². The van der Waals surface area contributed by atoms with E-state index in [4.69, 9.17) is 0 Å². The van der Waals surface area contributed by atoms with Crippen LogP contribution in [0.4, 0.5) is 0 Å². The zero-order valence-corrected chi connectivity index (χ0v) is 7.83. The number of carbonyl (C=O) groups is 2. The Morgan fingerprint density at radius 1 is 1.46 bits per heavy atom. The van der Waals surface area contributed by atoms with Crippen LogP contribution in [0.3, 0.4) is 0 Å². The van der Waals surface area contributed by atoms with Gasteiger partial charge < -0.3 is 5.32 Å². The number of carbonyl (C=O) groups excluding carboxylic acids is 2. The van der Waals surface area contributed by atoms with Gasteiger partial charge in [0.25, 0.3) is 0 Å². The molecular weight excluding hydrogens is 166 g/mol. The molecule has 3 heteroatoms. The highest BCUT2D eigenvalue weighted by Crippen LogP contribution is 2.12. The summed E-state index contributed by atoms with van der Waals surface area (Å²) in [6.45, 7) is 3.64. The van der Waals surface area contributed by atoms with E-state index in [1.807, 2.05) is 6.92 Å². The lowest BCUT2D eigenvalue weighted by molar-refractivity contribution is -0.121. The Morgan fingerprint density at radius 2 is 2.00 bits per heavy atom. The van der Waals surface area contributed by atoms with Crippen LogP contribution in [0.1, 0.15) is 20.3 Å². The number of rotatable bonds is 2. The lowest BCUT2D eigenvalue weighted by Crippen LogP contribution is -2.43. The fourth-order valence-corrected chi connectivity index (χ4v) is 1.09. The lowest BCUT2D eigenvalue weighted by Gasteiger charge is -2.25. The van der Waals surface area contributed by atoms with Crippen molar-refractivity contribution in [3.05, 3.63) is 24.3 Å². The number of hydrogen-bond acceptors (Lipinski definition) is 2. The van der Waals surface area contributed by atoms with Crippen LogP contribution in [-0.2, 0) is 9.59 Å². The van der Waals surface area contributed by atoms with Crippen molar-refractivity contribution >= 4 is 11.7 Å². The maximum atomic E-state index is 11.1. The van der Waals surface area contributed by atoms with Gasteiger partial charge in [-0.2, -0.15) is 0 Å². The van der Waals surface area contributed by atoms with Crippen molar-refractivity contribution in [1.29, 1.82) is 0 Å². The molecule has 70 valence electrons. The summed E-state index contributed by atoms with van der Waals surface area (Å²) in [6, 6.07) is 0. The first-order chi connectivity index (χ1) is 6.06. The molecule has 0 fully saturated rings. The SMILES string of the molecule is CCC(=O)NC1(C)C=CC(=O)C=C1. The minimum Gasteiger partial charge on any atom is -0.344 e. The molecule has 0 aromatic rings. The van der Waals surface area contributed by atoms with Crippen LogP contribution in [0, 0.1) is 0 Å². The highest BCUT2D eigenvalue weighted by molar-refractivity contribution is 6.00. The third-order valence-electron chi connectivity index (χ3n) is 1.92. The van der Waals surface area contributed by atoms with Gasteiger partial charge in [0, 0.05) is 6.42 Å². The molecule has 1 aliphatic carbocycles. The molecule has 1 N–H and O–H groups in total. The molecule has 0 aromatic carbocycles. The Morgan fingerprint density at radius 3 is 2.46 bits per heavy atom. The summed E-state index contributed by atoms with van der Waals surface area (Å²) >= 11 is 0. The van der Waals surface area contributed by atoms with Crippen molar-refractivity contribution in [2.45, 2.75) is 25.8 Å². The average Bonchev–Trinajstić information content (AvgIpc) is 2.10. The smallest absolute Gasteiger partial charge is 0.220 e. The van der Waals surface area contributed by atoms with E-state index in [0.29, 0.717) is 6.42 Å². The first-order valence-corrected chi connectivity index (χ1v) is 4.29. The molecule has 0 spiro atoms. The van der Waals surface area contributed by atoms with Gasteiger partial charge in [-0.05, 0) is 19.1 Å². The summed E-state index contributed by atoms with van der Waals surface area (Å²) in [5.74, 6) is -0.0608. The molecule has 0 aromatic heterocycles. The molecule has 0 radical (unpaired) electrons. The fraction of sp³-hybridized carbons (Fsp3) is 0.400. The average molecular weight is 179 g/mol. The Balaban J connectivity index is 2.68. The van der Waals surface area contributed by atoms with Crippen molar-refractivity contribution in [3.63, 3.8) is 0 Å². The highest BCUT2D eigenvalue weighted by Gasteiger charge is 2.21. The van der Waals surface area contributed by atoms with E-state index in [9.17, 15) is 9.59 Å². The predicted octanol–water partition coefficient (Wildman–Crippen LogP) is 0.966. The Kier molecular flexibility index (Phi) is 2.66. The van der Waals surface area contributed by atoms with Gasteiger partial charge in [0.1, 0.15) is 0 Å². The molecular formula is C10H13NO2. The van der Waals surface area contributed by atoms with Crippen LogP contribution in [0.15, 0.2) is 24.3 Å². The lowest BCUT2D eigenvalue weighted by atomic mass is 9.96. The van der Waals surface area contributed by atoms with Gasteiger partial charge in [-0.3, -0.25) is 9.59 Å². The van der Waals surface area contributed by atoms with E-state index in [0.717, 1.165) is 0 Å². The third-order valence-corrected chi connectivity index (χ3v) is 1.92. The monoisotopic (exact) mass is 179 g/mol. The molecule has 0 saturated heterocycles. The predicted molar refractivity (Wildman–Crippen MR) is 50.1 cm³/mol. The number of hydrogen-bond donors (Lipinski definition) is 1. The zero-order chi connectivity index (χ0) is 9.90. The Labute approximate surface area is 77.5 Å². The fourth-order valence-electron chi connectivity index (χ4n) is 1.09. The summed E-state index contributed by atoms with van der Waals surface area (Å²) in [5.41, 5.74) is -0.499. The number of allylic oxidation sites excluding steroid dienone is 2. The van der Waals surface area contributed by atoms with Gasteiger partial charge in [0.05, 0.1) is 5.54 Å². The Bertz CT molecular complexity index is 273. The van der Waals surface area contributed by atoms with Crippen LogP contribution >= 0.6 is 0 Å². The summed E-state index contributed by atoms with van der Waals surface area (Å²) in [7, 11) is 0. The maximum Gasteiger partial charge on any atom is 0.220 e. The van der Waals surface area contributed by atoms with Crippen LogP contribution in [-0.4, -0.2) is 17.2 Å². The van der Waals surface area contributed by atoms with Crippen molar-refractivity contribution < 1.29 is 9.59 Å². The van der Waals surface area contributed by atoms with Crippen molar-refractivity contribution in [3.8, 4) is 0 Å². The number of amides is 1. The van der Waals surface area contributed by atoms with Crippen molar-refractivity contribution in [2.24, 2.45) is 0 Å². The number of ketones is 1. The molecule has 0 bridgehead atoms. The topological polar surface area (TPSA) is 46.2 Å². The first-order valence-electron chi connectivity index (χ1n) is 4.29. The zero-order valence-electron chi connectivity index (χ0n) is 7.83. The molecule has 0 saturated carbocycles. The minimum absolute atomic E-state index is 0.0221. The quantitative estimate of drug-likeness (QED) is 0.686. The van der Waals surface area contributed by atoms with Crippen LogP contribution in [0.25, 0.3) is 0 Å². The van der Waals surface area contributed by atoms with E-state index in [2.05, 4.69) is 5.32 Å². The summed E-state index contributed by atoms with van der Waals surface area (Å²) < 4.78 is 0. The standard InChI is InChI=1S/C10H13NO2/c1-3-9(13)11-10(2)6-4-8(12)5-7-10/h4-7H,3H2,1-2H3,(H,11,13). The Hall–Kier alpha value is -1.38. The molecule has 13 heavy (non-hydrogen) atoms. The van der Waals surface area contributed by atoms with Gasteiger partial charge in [0.15, 0.2) is 5.78 Å². The van der Waals surface area contributed by atoms with E-state index in [1.165, 1.54) is 12.2 Å². The van der Waals surface area contributed by atoms with Crippen LogP contribution < -0.4 is 5.32 Å². The van der Waals surface area contributed by atoms with Gasteiger partial charge in [-0.1, -0.05) is 19.1 Å². The van der Waals surface area contributed by atoms with Gasteiger partial charge in [-0.15, -0.1) is 0 Å². The second-order valence-electron chi connectivity index (χ2n) is 3.25. The highest BCUT2D eigenvalue weighted by atomic mass is 16.1. The van der Waals surface area contributed by atoms with Gasteiger partial charge >= 0.3 is 0 Å². The number of nitrogens with one attached hydrogen (secondary N) is 1. The first kappa shape index (κ1) is 9.71. The molecule has 0 unspecified atom stereocenters. The van der Waals surface area contributed by atoms with E-state index >= 15 is 0 Å². The second-order valence-corrected chi connectivity index (χ2v) is 3.25. The van der Waals surface area contributed by atoms with Crippen LogP contribution in [0.2, 0.25) is 0 Å². The molecule has 1 rings (SSSR count). The second kappa shape index (κ2) is 3.56. The van der Waals surface area contributed by atoms with Crippen molar-refractivity contribution in [1.82, 2.24) is 5.32 Å². The molecule has 0 heterocycles. The molecule has 0 aliphatic heterocycles. The van der Waals surface area contributed by atoms with Crippen molar-refractivity contribution in [2.75, 3.05) is 0 Å². The van der Waals surface area contributed by atoms with Crippen LogP contribution in [0.5, 0.6) is 0 Å². The summed E-state index contributed by atoms with van der Waals surface area (Å²) in [6.07, 6.45) is 6.78. The molecule has 3 nitrogen and oxygen atoms in total. The largest absolute Gasteiger partial charge is 0.344 e. The molecule has 1 aliphatic rings. The molecule has 0 atom stereocenters. The van der Waals surface area contributed by atoms with E-state index in [1.54, 1.807) is 19.1 Å². The van der Waals surface area contributed by atoms with E-state index in [-0.39, 0.29) is 11.7 Å². The minimum atomic E-state index is -0.499. The third kappa shape index (κ3) is 2.54. The maximum absolute atomic E-state index is 11.1. The summed E-state index contributed by atoms with van der Waals surface area (Å²) in [4.78, 5) is 21.9. The van der Waals surface area contributed by atoms with E-state index < -0.39 is 5.54 Å². The summed E-state index contributed by atoms with van der Waals surface area (Å²) in [5, 5.41) is 2.80. The normalized spacial score (nSPS) is 18.8.